The molecule has 0 amide bonds. The lowest BCUT2D eigenvalue weighted by Crippen LogP contribution is -2.29. The van der Waals surface area contributed by atoms with Crippen LogP contribution < -0.4 is 0 Å². The quantitative estimate of drug-likeness (QED) is 0.819. The molecule has 1 aromatic carbocycles. The van der Waals surface area contributed by atoms with Crippen molar-refractivity contribution in [3.63, 3.8) is 0 Å². The van der Waals surface area contributed by atoms with E-state index < -0.39 is 11.7 Å². The summed E-state index contributed by atoms with van der Waals surface area (Å²) in [5, 5.41) is 19.9. The maximum absolute atomic E-state index is 10.2. The van der Waals surface area contributed by atoms with Gasteiger partial charge in [-0.25, -0.2) is 0 Å². The van der Waals surface area contributed by atoms with Crippen molar-refractivity contribution in [1.82, 2.24) is 0 Å². The van der Waals surface area contributed by atoms with Gasteiger partial charge in [-0.1, -0.05) is 60.4 Å². The minimum absolute atomic E-state index is 0.701. The molecule has 110 valence electrons. The molecular weight excluding hydrogens is 260 g/mol. The van der Waals surface area contributed by atoms with Gasteiger partial charge in [0.1, 0.15) is 5.60 Å². The smallest absolute Gasteiger partial charge is 0.176 e. The van der Waals surface area contributed by atoms with Gasteiger partial charge in [0.05, 0.1) is 0 Å². The van der Waals surface area contributed by atoms with Gasteiger partial charge in [0, 0.05) is 6.42 Å². The second kappa shape index (κ2) is 7.89. The molecule has 0 spiro atoms. The van der Waals surface area contributed by atoms with E-state index in [9.17, 15) is 10.2 Å². The summed E-state index contributed by atoms with van der Waals surface area (Å²) in [5.74, 6) is 11.2. The highest BCUT2D eigenvalue weighted by Crippen LogP contribution is 2.27. The van der Waals surface area contributed by atoms with Crippen molar-refractivity contribution in [2.24, 2.45) is 0 Å². The van der Waals surface area contributed by atoms with Gasteiger partial charge in [0.2, 0.25) is 0 Å². The molecule has 1 aliphatic rings. The largest absolute Gasteiger partial charge is 0.378 e. The van der Waals surface area contributed by atoms with Gasteiger partial charge < -0.3 is 10.2 Å². The zero-order valence-electron chi connectivity index (χ0n) is 12.3. The Kier molecular flexibility index (Phi) is 5.88. The van der Waals surface area contributed by atoms with E-state index in [1.54, 1.807) is 0 Å². The van der Waals surface area contributed by atoms with Gasteiger partial charge in [0.15, 0.2) is 6.10 Å². The van der Waals surface area contributed by atoms with Crippen LogP contribution in [-0.4, -0.2) is 21.9 Å². The molecule has 1 saturated carbocycles. The van der Waals surface area contributed by atoms with Gasteiger partial charge in [0.25, 0.3) is 0 Å². The minimum atomic E-state index is -0.966. The molecule has 0 aromatic heterocycles. The average molecular weight is 282 g/mol. The minimum Gasteiger partial charge on any atom is -0.378 e. The molecule has 0 saturated heterocycles. The molecule has 1 aromatic rings. The maximum atomic E-state index is 10.2. The van der Waals surface area contributed by atoms with Crippen LogP contribution in [0.4, 0.5) is 0 Å². The summed E-state index contributed by atoms with van der Waals surface area (Å²) in [5.41, 5.74) is 0.328. The Balaban J connectivity index is 1.80. The first-order valence-corrected chi connectivity index (χ1v) is 7.63. The Hall–Kier alpha value is -1.74. The Morgan fingerprint density at radius 2 is 1.76 bits per heavy atom. The van der Waals surface area contributed by atoms with E-state index >= 15 is 0 Å². The van der Waals surface area contributed by atoms with E-state index in [2.05, 4.69) is 35.8 Å². The molecule has 2 rings (SSSR count). The SMILES string of the molecule is OC(C#CCCc1ccccc1)C#CC1(O)CCCCC1. The zero-order chi connectivity index (χ0) is 15.0. The van der Waals surface area contributed by atoms with E-state index in [-0.39, 0.29) is 0 Å². The first-order valence-electron chi connectivity index (χ1n) is 7.63. The second-order valence-electron chi connectivity index (χ2n) is 5.57. The van der Waals surface area contributed by atoms with Gasteiger partial charge in [-0.05, 0) is 37.7 Å². The highest BCUT2D eigenvalue weighted by atomic mass is 16.3. The van der Waals surface area contributed by atoms with Crippen LogP contribution in [0.5, 0.6) is 0 Å². The van der Waals surface area contributed by atoms with E-state index in [0.29, 0.717) is 19.3 Å². The van der Waals surface area contributed by atoms with Crippen LogP contribution in [0.15, 0.2) is 30.3 Å². The summed E-state index contributed by atoms with van der Waals surface area (Å²) >= 11 is 0. The van der Waals surface area contributed by atoms with Crippen molar-refractivity contribution in [3.05, 3.63) is 35.9 Å². The standard InChI is InChI=1S/C19H22O2/c20-18(13-16-19(21)14-7-2-8-15-19)12-6-5-11-17-9-3-1-4-10-17/h1,3-4,9-10,18,20-21H,2,5,7-8,11,14-15H2. The molecule has 1 atom stereocenters. The molecule has 0 aliphatic heterocycles. The van der Waals surface area contributed by atoms with Crippen molar-refractivity contribution in [2.45, 2.75) is 56.7 Å². The lowest BCUT2D eigenvalue weighted by molar-refractivity contribution is 0.0606. The fourth-order valence-electron chi connectivity index (χ4n) is 2.52. The molecule has 0 heterocycles. The third kappa shape index (κ3) is 5.64. The van der Waals surface area contributed by atoms with Crippen molar-refractivity contribution < 1.29 is 10.2 Å². The van der Waals surface area contributed by atoms with Crippen LogP contribution in [0, 0.1) is 23.7 Å². The van der Waals surface area contributed by atoms with E-state index in [1.807, 2.05) is 18.2 Å². The predicted octanol–water partition coefficient (Wildman–Crippen LogP) is 2.68. The number of hydrogen-bond donors (Lipinski definition) is 2. The molecule has 1 fully saturated rings. The fraction of sp³-hybridized carbons (Fsp3) is 0.474. The van der Waals surface area contributed by atoms with Crippen molar-refractivity contribution in [1.29, 1.82) is 0 Å². The van der Waals surface area contributed by atoms with Crippen LogP contribution in [0.1, 0.15) is 44.1 Å². The van der Waals surface area contributed by atoms with Crippen LogP contribution in [0.25, 0.3) is 0 Å². The van der Waals surface area contributed by atoms with E-state index in [1.165, 1.54) is 5.56 Å². The Bertz CT molecular complexity index is 548. The first kappa shape index (κ1) is 15.6. The third-order valence-electron chi connectivity index (χ3n) is 3.74. The zero-order valence-corrected chi connectivity index (χ0v) is 12.3. The van der Waals surface area contributed by atoms with Gasteiger partial charge in [-0.15, -0.1) is 0 Å². The Morgan fingerprint density at radius 3 is 2.48 bits per heavy atom. The molecule has 2 N–H and O–H groups in total. The lowest BCUT2D eigenvalue weighted by atomic mass is 9.85. The number of aliphatic hydroxyl groups is 2. The molecule has 0 radical (unpaired) electrons. The molecule has 0 bridgehead atoms. The van der Waals surface area contributed by atoms with Gasteiger partial charge >= 0.3 is 0 Å². The highest BCUT2D eigenvalue weighted by Gasteiger charge is 2.26. The molecule has 1 aliphatic carbocycles. The number of hydrogen-bond acceptors (Lipinski definition) is 2. The monoisotopic (exact) mass is 282 g/mol. The van der Waals surface area contributed by atoms with Crippen molar-refractivity contribution in [3.8, 4) is 23.7 Å². The summed E-state index contributed by atoms with van der Waals surface area (Å²) in [7, 11) is 0. The molecule has 2 heteroatoms. The van der Waals surface area contributed by atoms with Crippen LogP contribution in [0.3, 0.4) is 0 Å². The molecule has 1 unspecified atom stereocenters. The van der Waals surface area contributed by atoms with E-state index in [0.717, 1.165) is 25.7 Å². The Labute approximate surface area is 127 Å². The molecular formula is C19H22O2. The summed E-state index contributed by atoms with van der Waals surface area (Å²) in [4.78, 5) is 0. The fourth-order valence-corrected chi connectivity index (χ4v) is 2.52. The number of aryl methyl sites for hydroxylation is 1. The molecule has 21 heavy (non-hydrogen) atoms. The third-order valence-corrected chi connectivity index (χ3v) is 3.74. The Morgan fingerprint density at radius 1 is 1.05 bits per heavy atom. The average Bonchev–Trinajstić information content (AvgIpc) is 2.51. The number of benzene rings is 1. The summed E-state index contributed by atoms with van der Waals surface area (Å²) in [6.07, 6.45) is 5.18. The van der Waals surface area contributed by atoms with Gasteiger partial charge in [-0.3, -0.25) is 0 Å². The van der Waals surface area contributed by atoms with E-state index in [4.69, 9.17) is 0 Å². The molecule has 2 nitrogen and oxygen atoms in total. The van der Waals surface area contributed by atoms with Crippen LogP contribution in [-0.2, 0) is 6.42 Å². The maximum Gasteiger partial charge on any atom is 0.176 e. The first-order chi connectivity index (χ1) is 10.2. The number of rotatable bonds is 2. The van der Waals surface area contributed by atoms with Crippen LogP contribution >= 0.6 is 0 Å². The summed E-state index contributed by atoms with van der Waals surface area (Å²) in [6, 6.07) is 10.1. The summed E-state index contributed by atoms with van der Waals surface area (Å²) < 4.78 is 0. The normalized spacial score (nSPS) is 17.8. The lowest BCUT2D eigenvalue weighted by Gasteiger charge is -2.26. The van der Waals surface area contributed by atoms with Crippen molar-refractivity contribution in [2.75, 3.05) is 0 Å². The van der Waals surface area contributed by atoms with Gasteiger partial charge in [-0.2, -0.15) is 0 Å². The predicted molar refractivity (Wildman–Crippen MR) is 84.4 cm³/mol. The van der Waals surface area contributed by atoms with Crippen LogP contribution in [0.2, 0.25) is 0 Å². The highest BCUT2D eigenvalue weighted by molar-refractivity contribution is 5.25. The summed E-state index contributed by atoms with van der Waals surface area (Å²) in [6.45, 7) is 0. The number of aliphatic hydroxyl groups excluding tert-OH is 1. The van der Waals surface area contributed by atoms with Crippen molar-refractivity contribution >= 4 is 0 Å². The topological polar surface area (TPSA) is 40.5 Å². The second-order valence-corrected chi connectivity index (χ2v) is 5.57.